The molecule has 1 aliphatic rings. The van der Waals surface area contributed by atoms with Gasteiger partial charge < -0.3 is 0 Å². The zero-order valence-electron chi connectivity index (χ0n) is 14.1. The fraction of sp³-hybridized carbons (Fsp3) is 0.316. The van der Waals surface area contributed by atoms with Crippen molar-refractivity contribution in [1.29, 1.82) is 0 Å². The Hall–Kier alpha value is -2.05. The monoisotopic (exact) mass is 361 g/mol. The van der Waals surface area contributed by atoms with Crippen LogP contribution in [0.3, 0.4) is 0 Å². The second kappa shape index (κ2) is 6.04. The fourth-order valence-corrected chi connectivity index (χ4v) is 4.15. The van der Waals surface area contributed by atoms with Crippen LogP contribution in [0.15, 0.2) is 53.4 Å². The minimum Gasteiger partial charge on any atom is -0.299 e. The first-order valence-corrected chi connectivity index (χ1v) is 9.55. The molecule has 6 heteroatoms. The van der Waals surface area contributed by atoms with Crippen LogP contribution in [-0.4, -0.2) is 14.2 Å². The largest absolute Gasteiger partial charge is 0.299 e. The Bertz CT molecular complexity index is 903. The maximum absolute atomic E-state index is 13.0. The van der Waals surface area contributed by atoms with Crippen LogP contribution in [0, 0.1) is 17.2 Å². The maximum atomic E-state index is 13.0. The molecular weight excluding hydrogens is 341 g/mol. The number of sulfonamides is 1. The van der Waals surface area contributed by atoms with Gasteiger partial charge in [0.05, 0.1) is 4.90 Å². The van der Waals surface area contributed by atoms with Crippen LogP contribution in [0.1, 0.15) is 30.9 Å². The molecule has 1 aliphatic carbocycles. The van der Waals surface area contributed by atoms with E-state index >= 15 is 0 Å². The minimum atomic E-state index is -3.73. The van der Waals surface area contributed by atoms with Crippen LogP contribution in [0.5, 0.6) is 0 Å². The summed E-state index contributed by atoms with van der Waals surface area (Å²) in [5.41, 5.74) is 1.52. The number of rotatable bonds is 5. The van der Waals surface area contributed by atoms with Gasteiger partial charge in [0.15, 0.2) is 0 Å². The van der Waals surface area contributed by atoms with Gasteiger partial charge in [-0.2, -0.15) is 0 Å². The van der Waals surface area contributed by atoms with Gasteiger partial charge in [-0.25, -0.2) is 17.9 Å². The molecule has 2 atom stereocenters. The molecule has 0 radical (unpaired) electrons. The third kappa shape index (κ3) is 3.50. The molecule has 0 aromatic heterocycles. The second-order valence-corrected chi connectivity index (χ2v) is 8.72. The van der Waals surface area contributed by atoms with E-state index in [1.54, 1.807) is 24.3 Å². The van der Waals surface area contributed by atoms with Crippen LogP contribution >= 0.6 is 0 Å². The summed E-state index contributed by atoms with van der Waals surface area (Å²) in [5.74, 6) is -0.319. The number of hydrogen-bond acceptors (Lipinski definition) is 3. The molecule has 2 N–H and O–H groups in total. The van der Waals surface area contributed by atoms with Gasteiger partial charge in [0, 0.05) is 12.3 Å². The lowest BCUT2D eigenvalue weighted by molar-refractivity contribution is -0.120. The number of halogens is 1. The van der Waals surface area contributed by atoms with E-state index in [0.29, 0.717) is 0 Å². The van der Waals surface area contributed by atoms with Gasteiger partial charge in [-0.3, -0.25) is 4.79 Å². The lowest BCUT2D eigenvalue weighted by atomic mass is 10.0. The smallest absolute Gasteiger partial charge is 0.238 e. The molecule has 0 heterocycles. The van der Waals surface area contributed by atoms with Gasteiger partial charge in [0.25, 0.3) is 0 Å². The molecular formula is C19H20FNO3S. The SMILES string of the molecule is CC1(C)[C@H](C(=O)Cc2ccc(F)cc2)[C@H]1c1ccc(S(N)(=O)=O)cc1. The van der Waals surface area contributed by atoms with Gasteiger partial charge in [-0.1, -0.05) is 38.1 Å². The summed E-state index contributed by atoms with van der Waals surface area (Å²) < 4.78 is 35.7. The molecule has 25 heavy (non-hydrogen) atoms. The number of primary sulfonamides is 1. The van der Waals surface area contributed by atoms with Crippen LogP contribution in [-0.2, 0) is 21.2 Å². The number of benzene rings is 2. The Morgan fingerprint density at radius 3 is 2.16 bits per heavy atom. The van der Waals surface area contributed by atoms with E-state index in [1.807, 2.05) is 13.8 Å². The molecule has 2 aromatic carbocycles. The molecule has 1 fully saturated rings. The summed E-state index contributed by atoms with van der Waals surface area (Å²) in [5, 5.41) is 5.12. The first kappa shape index (κ1) is 17.8. The van der Waals surface area contributed by atoms with Crippen LogP contribution in [0.2, 0.25) is 0 Å². The zero-order valence-corrected chi connectivity index (χ0v) is 14.9. The van der Waals surface area contributed by atoms with Gasteiger partial charge in [-0.15, -0.1) is 0 Å². The standard InChI is InChI=1S/C19H20FNO3S/c1-19(2)17(13-5-9-15(10-6-13)25(21,23)24)18(19)16(22)11-12-3-7-14(20)8-4-12/h3-10,17-18H,11H2,1-2H3,(H2,21,23,24)/t17-,18-/m1/s1. The average Bonchev–Trinajstić information content (AvgIpc) is 3.11. The van der Waals surface area contributed by atoms with Crippen molar-refractivity contribution in [3.8, 4) is 0 Å². The normalized spacial score (nSPS) is 21.8. The first-order chi connectivity index (χ1) is 11.6. The van der Waals surface area contributed by atoms with Crippen LogP contribution in [0.4, 0.5) is 4.39 Å². The van der Waals surface area contributed by atoms with E-state index in [0.717, 1.165) is 11.1 Å². The summed E-state index contributed by atoms with van der Waals surface area (Å²) in [6.07, 6.45) is 0.264. The van der Waals surface area contributed by atoms with Crippen molar-refractivity contribution in [2.75, 3.05) is 0 Å². The van der Waals surface area contributed by atoms with Crippen molar-refractivity contribution < 1.29 is 17.6 Å². The summed E-state index contributed by atoms with van der Waals surface area (Å²) in [4.78, 5) is 12.7. The van der Waals surface area contributed by atoms with Crippen molar-refractivity contribution in [2.24, 2.45) is 16.5 Å². The summed E-state index contributed by atoms with van der Waals surface area (Å²) in [7, 11) is -3.73. The van der Waals surface area contributed by atoms with Crippen molar-refractivity contribution in [3.05, 3.63) is 65.5 Å². The Kier molecular flexibility index (Phi) is 4.29. The predicted molar refractivity (Wildman–Crippen MR) is 92.9 cm³/mol. The molecule has 132 valence electrons. The molecule has 0 bridgehead atoms. The third-order valence-corrected chi connectivity index (χ3v) is 5.96. The molecule has 1 saturated carbocycles. The molecule has 0 unspecified atom stereocenters. The molecule has 0 amide bonds. The Balaban J connectivity index is 1.77. The number of carbonyl (C=O) groups excluding carboxylic acids is 1. The number of hydrogen-bond donors (Lipinski definition) is 1. The molecule has 2 aromatic rings. The highest BCUT2D eigenvalue weighted by Gasteiger charge is 2.61. The molecule has 3 rings (SSSR count). The van der Waals surface area contributed by atoms with Crippen molar-refractivity contribution in [3.63, 3.8) is 0 Å². The quantitative estimate of drug-likeness (QED) is 0.889. The third-order valence-electron chi connectivity index (χ3n) is 5.03. The van der Waals surface area contributed by atoms with Gasteiger partial charge in [-0.05, 0) is 46.7 Å². The zero-order chi connectivity index (χ0) is 18.4. The molecule has 0 aliphatic heterocycles. The number of ketones is 1. The van der Waals surface area contributed by atoms with E-state index in [1.165, 1.54) is 24.3 Å². The number of carbonyl (C=O) groups is 1. The van der Waals surface area contributed by atoms with E-state index in [-0.39, 0.29) is 40.2 Å². The predicted octanol–water partition coefficient (Wildman–Crippen LogP) is 3.02. The van der Waals surface area contributed by atoms with E-state index in [4.69, 9.17) is 5.14 Å². The van der Waals surface area contributed by atoms with Crippen LogP contribution in [0.25, 0.3) is 0 Å². The lowest BCUT2D eigenvalue weighted by Gasteiger charge is -2.04. The number of nitrogens with two attached hydrogens (primary N) is 1. The fourth-order valence-electron chi connectivity index (χ4n) is 3.64. The molecule has 0 spiro atoms. The van der Waals surface area contributed by atoms with E-state index in [9.17, 15) is 17.6 Å². The second-order valence-electron chi connectivity index (χ2n) is 7.16. The Morgan fingerprint density at radius 2 is 1.64 bits per heavy atom. The van der Waals surface area contributed by atoms with E-state index < -0.39 is 10.0 Å². The average molecular weight is 361 g/mol. The highest BCUT2D eigenvalue weighted by atomic mass is 32.2. The topological polar surface area (TPSA) is 77.2 Å². The van der Waals surface area contributed by atoms with Gasteiger partial charge >= 0.3 is 0 Å². The Labute approximate surface area is 146 Å². The highest BCUT2D eigenvalue weighted by Crippen LogP contribution is 2.64. The van der Waals surface area contributed by atoms with Crippen LogP contribution < -0.4 is 5.14 Å². The first-order valence-electron chi connectivity index (χ1n) is 8.00. The number of Topliss-reactive ketones (excluding diaryl/α,β-unsaturated/α-hetero) is 1. The summed E-state index contributed by atoms with van der Waals surface area (Å²) in [6.45, 7) is 4.05. The maximum Gasteiger partial charge on any atom is 0.238 e. The minimum absolute atomic E-state index is 0.0370. The van der Waals surface area contributed by atoms with Gasteiger partial charge in [0.1, 0.15) is 11.6 Å². The Morgan fingerprint density at radius 1 is 1.08 bits per heavy atom. The van der Waals surface area contributed by atoms with Crippen molar-refractivity contribution in [1.82, 2.24) is 0 Å². The van der Waals surface area contributed by atoms with Gasteiger partial charge in [0.2, 0.25) is 10.0 Å². The van der Waals surface area contributed by atoms with Crippen molar-refractivity contribution >= 4 is 15.8 Å². The van der Waals surface area contributed by atoms with Crippen molar-refractivity contribution in [2.45, 2.75) is 31.1 Å². The van der Waals surface area contributed by atoms with E-state index in [2.05, 4.69) is 0 Å². The highest BCUT2D eigenvalue weighted by molar-refractivity contribution is 7.89. The summed E-state index contributed by atoms with van der Waals surface area (Å²) >= 11 is 0. The summed E-state index contributed by atoms with van der Waals surface area (Å²) in [6, 6.07) is 12.3. The lowest BCUT2D eigenvalue weighted by Crippen LogP contribution is -2.12. The molecule has 0 saturated heterocycles. The molecule has 4 nitrogen and oxygen atoms in total.